The van der Waals surface area contributed by atoms with E-state index in [1.165, 1.54) is 19.5 Å². The van der Waals surface area contributed by atoms with Crippen molar-refractivity contribution in [1.82, 2.24) is 4.90 Å². The Labute approximate surface area is 89.6 Å². The Balaban J connectivity index is 1.92. The van der Waals surface area contributed by atoms with E-state index in [-0.39, 0.29) is 6.10 Å². The minimum absolute atomic E-state index is 0.0588. The van der Waals surface area contributed by atoms with E-state index in [1.54, 1.807) is 6.08 Å². The molecule has 82 valence electrons. The second-order valence-corrected chi connectivity index (χ2v) is 4.17. The predicted molar refractivity (Wildman–Crippen MR) is 57.7 cm³/mol. The minimum Gasteiger partial charge on any atom is -0.388 e. The summed E-state index contributed by atoms with van der Waals surface area (Å²) in [6, 6.07) is 0. The summed E-state index contributed by atoms with van der Waals surface area (Å²) in [6.07, 6.45) is 4.72. The van der Waals surface area contributed by atoms with E-state index >= 15 is 0 Å². The molecule has 2 bridgehead atoms. The zero-order valence-corrected chi connectivity index (χ0v) is 8.71. The average Bonchev–Trinajstić information content (AvgIpc) is 2.86. The molecule has 0 aromatic rings. The number of aldehydes is 1. The van der Waals surface area contributed by atoms with Gasteiger partial charge in [-0.1, -0.05) is 11.7 Å². The molecule has 4 atom stereocenters. The van der Waals surface area contributed by atoms with Crippen molar-refractivity contribution in [2.45, 2.75) is 12.5 Å². The highest BCUT2D eigenvalue weighted by Gasteiger charge is 2.42. The standard InChI is InChI=1S/C11H16N2O2/c1-2-11(15-12-4-6-14)10-8-13-5-3-9(10)7-13/h2,4,6,9-11H,1,3,5,7-8H2. The average molecular weight is 208 g/mol. The van der Waals surface area contributed by atoms with Gasteiger partial charge in [0, 0.05) is 19.0 Å². The highest BCUT2D eigenvalue weighted by atomic mass is 16.6. The molecule has 0 aromatic heterocycles. The van der Waals surface area contributed by atoms with Gasteiger partial charge in [0.2, 0.25) is 0 Å². The molecule has 2 rings (SSSR count). The Morgan fingerprint density at radius 2 is 2.40 bits per heavy atom. The van der Waals surface area contributed by atoms with Gasteiger partial charge < -0.3 is 9.74 Å². The number of hydrogen-bond donors (Lipinski definition) is 0. The fourth-order valence-electron chi connectivity index (χ4n) is 2.62. The molecular weight excluding hydrogens is 192 g/mol. The van der Waals surface area contributed by atoms with Gasteiger partial charge in [-0.25, -0.2) is 0 Å². The van der Waals surface area contributed by atoms with Crippen LogP contribution in [0.4, 0.5) is 0 Å². The molecule has 4 unspecified atom stereocenters. The highest BCUT2D eigenvalue weighted by Crippen LogP contribution is 2.36. The number of rotatable bonds is 5. The topological polar surface area (TPSA) is 41.9 Å². The van der Waals surface area contributed by atoms with Crippen molar-refractivity contribution in [3.8, 4) is 0 Å². The third-order valence-electron chi connectivity index (χ3n) is 3.34. The fourth-order valence-corrected chi connectivity index (χ4v) is 2.62. The first-order valence-corrected chi connectivity index (χ1v) is 5.33. The Hall–Kier alpha value is -1.16. The van der Waals surface area contributed by atoms with Gasteiger partial charge in [-0.05, 0) is 25.0 Å². The van der Waals surface area contributed by atoms with E-state index in [2.05, 4.69) is 16.6 Å². The lowest BCUT2D eigenvalue weighted by Gasteiger charge is -2.26. The van der Waals surface area contributed by atoms with Gasteiger partial charge in [0.25, 0.3) is 0 Å². The molecule has 0 saturated carbocycles. The lowest BCUT2D eigenvalue weighted by Crippen LogP contribution is -2.32. The lowest BCUT2D eigenvalue weighted by atomic mass is 9.88. The SMILES string of the molecule is C=CC(ON=CC=O)C1CN2CCC1C2. The van der Waals surface area contributed by atoms with Crippen LogP contribution in [-0.2, 0) is 9.63 Å². The Morgan fingerprint density at radius 3 is 2.93 bits per heavy atom. The summed E-state index contributed by atoms with van der Waals surface area (Å²) in [5.41, 5.74) is 0. The quantitative estimate of drug-likeness (QED) is 0.289. The van der Waals surface area contributed by atoms with Gasteiger partial charge in [0.1, 0.15) is 12.3 Å². The predicted octanol–water partition coefficient (Wildman–Crippen LogP) is 0.694. The van der Waals surface area contributed by atoms with E-state index in [0.29, 0.717) is 18.1 Å². The molecule has 0 aromatic carbocycles. The minimum atomic E-state index is -0.0588. The monoisotopic (exact) mass is 208 g/mol. The summed E-state index contributed by atoms with van der Waals surface area (Å²) in [7, 11) is 0. The molecule has 2 heterocycles. The molecule has 0 radical (unpaired) electrons. The summed E-state index contributed by atoms with van der Waals surface area (Å²) >= 11 is 0. The highest BCUT2D eigenvalue weighted by molar-refractivity contribution is 6.12. The van der Waals surface area contributed by atoms with Crippen molar-refractivity contribution in [2.75, 3.05) is 19.6 Å². The van der Waals surface area contributed by atoms with Crippen LogP contribution in [0.15, 0.2) is 17.8 Å². The third-order valence-corrected chi connectivity index (χ3v) is 3.34. The number of fused-ring (bicyclic) bond motifs is 2. The van der Waals surface area contributed by atoms with Crippen LogP contribution in [0.5, 0.6) is 0 Å². The molecular formula is C11H16N2O2. The maximum atomic E-state index is 10.1. The van der Waals surface area contributed by atoms with Crippen LogP contribution >= 0.6 is 0 Å². The van der Waals surface area contributed by atoms with Crippen molar-refractivity contribution in [2.24, 2.45) is 17.0 Å². The Kier molecular flexibility index (Phi) is 3.16. The number of hydrogen-bond acceptors (Lipinski definition) is 4. The van der Waals surface area contributed by atoms with Gasteiger partial charge in [0.05, 0.1) is 0 Å². The molecule has 0 amide bonds. The maximum absolute atomic E-state index is 10.1. The number of carbonyl (C=O) groups excluding carboxylic acids is 1. The van der Waals surface area contributed by atoms with Crippen LogP contribution in [0.1, 0.15) is 6.42 Å². The summed E-state index contributed by atoms with van der Waals surface area (Å²) in [5, 5.41) is 3.61. The normalized spacial score (nSPS) is 35.6. The number of oxime groups is 1. The zero-order chi connectivity index (χ0) is 10.7. The fraction of sp³-hybridized carbons (Fsp3) is 0.636. The first-order chi connectivity index (χ1) is 7.35. The van der Waals surface area contributed by atoms with Crippen molar-refractivity contribution in [1.29, 1.82) is 0 Å². The van der Waals surface area contributed by atoms with Crippen LogP contribution in [0.25, 0.3) is 0 Å². The maximum Gasteiger partial charge on any atom is 0.164 e. The van der Waals surface area contributed by atoms with E-state index in [9.17, 15) is 4.79 Å². The summed E-state index contributed by atoms with van der Waals surface area (Å²) in [4.78, 5) is 17.8. The van der Waals surface area contributed by atoms with Crippen molar-refractivity contribution in [3.63, 3.8) is 0 Å². The molecule has 0 spiro atoms. The second-order valence-electron chi connectivity index (χ2n) is 4.17. The third kappa shape index (κ3) is 2.09. The van der Waals surface area contributed by atoms with E-state index in [4.69, 9.17) is 4.84 Å². The molecule has 2 fully saturated rings. The largest absolute Gasteiger partial charge is 0.388 e. The Morgan fingerprint density at radius 1 is 1.53 bits per heavy atom. The molecule has 2 saturated heterocycles. The summed E-state index contributed by atoms with van der Waals surface area (Å²) in [6.45, 7) is 7.22. The first kappa shape index (κ1) is 10.4. The molecule has 4 nitrogen and oxygen atoms in total. The number of carbonyl (C=O) groups is 1. The van der Waals surface area contributed by atoms with Gasteiger partial charge in [-0.15, -0.1) is 0 Å². The summed E-state index contributed by atoms with van der Waals surface area (Å²) in [5.74, 6) is 1.19. The van der Waals surface area contributed by atoms with Crippen LogP contribution in [-0.4, -0.2) is 43.1 Å². The first-order valence-electron chi connectivity index (χ1n) is 5.33. The van der Waals surface area contributed by atoms with Crippen molar-refractivity contribution < 1.29 is 9.63 Å². The van der Waals surface area contributed by atoms with Gasteiger partial charge in [-0.2, -0.15) is 0 Å². The Bertz CT molecular complexity index is 278. The van der Waals surface area contributed by atoms with E-state index < -0.39 is 0 Å². The van der Waals surface area contributed by atoms with Crippen LogP contribution < -0.4 is 0 Å². The molecule has 0 N–H and O–H groups in total. The molecule has 15 heavy (non-hydrogen) atoms. The van der Waals surface area contributed by atoms with Gasteiger partial charge in [0.15, 0.2) is 6.29 Å². The molecule has 2 aliphatic heterocycles. The van der Waals surface area contributed by atoms with Gasteiger partial charge >= 0.3 is 0 Å². The van der Waals surface area contributed by atoms with Gasteiger partial charge in [-0.3, -0.25) is 4.79 Å². The molecule has 4 heteroatoms. The lowest BCUT2D eigenvalue weighted by molar-refractivity contribution is -0.102. The van der Waals surface area contributed by atoms with Crippen LogP contribution in [0, 0.1) is 11.8 Å². The van der Waals surface area contributed by atoms with Crippen molar-refractivity contribution in [3.05, 3.63) is 12.7 Å². The second kappa shape index (κ2) is 4.57. The van der Waals surface area contributed by atoms with Crippen LogP contribution in [0.2, 0.25) is 0 Å². The molecule has 0 aliphatic carbocycles. The van der Waals surface area contributed by atoms with E-state index in [1.807, 2.05) is 0 Å². The van der Waals surface area contributed by atoms with Crippen LogP contribution in [0.3, 0.4) is 0 Å². The van der Waals surface area contributed by atoms with Crippen molar-refractivity contribution >= 4 is 12.5 Å². The van der Waals surface area contributed by atoms with E-state index in [0.717, 1.165) is 12.8 Å². The number of piperidine rings is 1. The number of nitrogens with zero attached hydrogens (tertiary/aromatic N) is 2. The summed E-state index contributed by atoms with van der Waals surface area (Å²) < 4.78 is 0. The smallest absolute Gasteiger partial charge is 0.164 e. The molecule has 2 aliphatic rings. The zero-order valence-electron chi connectivity index (χ0n) is 8.71.